The van der Waals surface area contributed by atoms with Crippen molar-refractivity contribution >= 4 is 15.9 Å². The van der Waals surface area contributed by atoms with Crippen LogP contribution in [0.3, 0.4) is 0 Å². The molecule has 1 atom stereocenters. The fourth-order valence-corrected chi connectivity index (χ4v) is 3.40. The third kappa shape index (κ3) is 5.05. The van der Waals surface area contributed by atoms with Crippen molar-refractivity contribution in [2.75, 3.05) is 0 Å². The lowest BCUT2D eigenvalue weighted by Gasteiger charge is -2.15. The van der Waals surface area contributed by atoms with Crippen molar-refractivity contribution in [3.8, 4) is 5.69 Å². The Labute approximate surface area is 164 Å². The molecule has 3 aromatic rings. The number of carbonyl (C=O) groups excluding carboxylic acids is 1. The number of amides is 1. The van der Waals surface area contributed by atoms with E-state index in [0.29, 0.717) is 18.4 Å². The van der Waals surface area contributed by atoms with Gasteiger partial charge < -0.3 is 5.32 Å². The predicted octanol–water partition coefficient (Wildman–Crippen LogP) is 2.33. The van der Waals surface area contributed by atoms with Gasteiger partial charge in [0.15, 0.2) is 0 Å². The number of aromatic nitrogens is 2. The number of rotatable bonds is 7. The Balaban J connectivity index is 1.57. The summed E-state index contributed by atoms with van der Waals surface area (Å²) in [5.41, 5.74) is 2.60. The Hall–Kier alpha value is -2.97. The molecule has 1 heterocycles. The van der Waals surface area contributed by atoms with Crippen LogP contribution in [-0.4, -0.2) is 24.1 Å². The summed E-state index contributed by atoms with van der Waals surface area (Å²) in [6, 6.07) is 15.7. The van der Waals surface area contributed by atoms with Gasteiger partial charge in [0.05, 0.1) is 22.8 Å². The van der Waals surface area contributed by atoms with Crippen LogP contribution >= 0.6 is 0 Å². The van der Waals surface area contributed by atoms with E-state index in [1.807, 2.05) is 36.5 Å². The molecule has 7 nitrogen and oxygen atoms in total. The lowest BCUT2D eigenvalue weighted by Crippen LogP contribution is -2.27. The average Bonchev–Trinajstić information content (AvgIpc) is 3.15. The number of nitrogens with two attached hydrogens (primary N) is 1. The molecule has 0 fully saturated rings. The SMILES string of the molecule is C[C@@H](NC(=O)CCc1cnn(-c2ccccc2)c1)c1cccc(S(N)(=O)=O)c1. The van der Waals surface area contributed by atoms with Crippen LogP contribution in [0.25, 0.3) is 5.69 Å². The van der Waals surface area contributed by atoms with Gasteiger partial charge in [0, 0.05) is 12.6 Å². The van der Waals surface area contributed by atoms with E-state index in [0.717, 1.165) is 11.3 Å². The molecule has 0 saturated carbocycles. The Kier molecular flexibility index (Phi) is 5.91. The van der Waals surface area contributed by atoms with Gasteiger partial charge in [0.25, 0.3) is 0 Å². The van der Waals surface area contributed by atoms with Crippen molar-refractivity contribution in [3.63, 3.8) is 0 Å². The van der Waals surface area contributed by atoms with Crippen LogP contribution in [0.4, 0.5) is 0 Å². The van der Waals surface area contributed by atoms with Gasteiger partial charge in [-0.15, -0.1) is 0 Å². The zero-order chi connectivity index (χ0) is 20.1. The molecule has 0 unspecified atom stereocenters. The molecule has 28 heavy (non-hydrogen) atoms. The number of aryl methyl sites for hydroxylation is 1. The summed E-state index contributed by atoms with van der Waals surface area (Å²) in [6.45, 7) is 1.80. The molecule has 3 N–H and O–H groups in total. The molecule has 8 heteroatoms. The monoisotopic (exact) mass is 398 g/mol. The maximum absolute atomic E-state index is 12.3. The van der Waals surface area contributed by atoms with Crippen LogP contribution in [0.1, 0.15) is 30.5 Å². The molecule has 146 valence electrons. The van der Waals surface area contributed by atoms with E-state index in [-0.39, 0.29) is 16.8 Å². The van der Waals surface area contributed by atoms with Crippen LogP contribution in [-0.2, 0) is 21.2 Å². The Morgan fingerprint density at radius 1 is 1.18 bits per heavy atom. The van der Waals surface area contributed by atoms with E-state index in [4.69, 9.17) is 5.14 Å². The number of carbonyl (C=O) groups is 1. The van der Waals surface area contributed by atoms with Gasteiger partial charge >= 0.3 is 0 Å². The molecule has 3 rings (SSSR count). The van der Waals surface area contributed by atoms with E-state index in [1.165, 1.54) is 12.1 Å². The van der Waals surface area contributed by atoms with Crippen molar-refractivity contribution in [2.24, 2.45) is 5.14 Å². The Morgan fingerprint density at radius 2 is 1.93 bits per heavy atom. The lowest BCUT2D eigenvalue weighted by atomic mass is 10.1. The van der Waals surface area contributed by atoms with E-state index in [9.17, 15) is 13.2 Å². The number of hydrogen-bond donors (Lipinski definition) is 2. The number of sulfonamides is 1. The highest BCUT2D eigenvalue weighted by Gasteiger charge is 2.14. The number of benzene rings is 2. The van der Waals surface area contributed by atoms with E-state index in [1.54, 1.807) is 29.9 Å². The quantitative estimate of drug-likeness (QED) is 0.637. The van der Waals surface area contributed by atoms with E-state index >= 15 is 0 Å². The van der Waals surface area contributed by atoms with Crippen LogP contribution < -0.4 is 10.5 Å². The van der Waals surface area contributed by atoms with Crippen molar-refractivity contribution in [2.45, 2.75) is 30.7 Å². The topological polar surface area (TPSA) is 107 Å². The summed E-state index contributed by atoms with van der Waals surface area (Å²) in [5.74, 6) is -0.124. The normalized spacial score (nSPS) is 12.5. The van der Waals surface area contributed by atoms with Gasteiger partial charge in [-0.3, -0.25) is 4.79 Å². The summed E-state index contributed by atoms with van der Waals surface area (Å²) < 4.78 is 24.7. The molecular formula is C20H22N4O3S. The zero-order valence-corrected chi connectivity index (χ0v) is 16.3. The van der Waals surface area contributed by atoms with Crippen LogP contribution in [0.2, 0.25) is 0 Å². The molecule has 0 spiro atoms. The van der Waals surface area contributed by atoms with E-state index < -0.39 is 10.0 Å². The zero-order valence-electron chi connectivity index (χ0n) is 15.4. The van der Waals surface area contributed by atoms with Gasteiger partial charge in [0.2, 0.25) is 15.9 Å². The first-order valence-electron chi connectivity index (χ1n) is 8.84. The van der Waals surface area contributed by atoms with Crippen LogP contribution in [0, 0.1) is 0 Å². The standard InChI is InChI=1S/C20H22N4O3S/c1-15(17-6-5-9-19(12-17)28(21,26)27)23-20(25)11-10-16-13-22-24(14-16)18-7-3-2-4-8-18/h2-9,12-15H,10-11H2,1H3,(H,23,25)(H2,21,26,27)/t15-/m1/s1. The smallest absolute Gasteiger partial charge is 0.238 e. The molecule has 1 aromatic heterocycles. The number of nitrogens with one attached hydrogen (secondary N) is 1. The number of nitrogens with zero attached hydrogens (tertiary/aromatic N) is 2. The third-order valence-corrected chi connectivity index (χ3v) is 5.27. The lowest BCUT2D eigenvalue weighted by molar-refractivity contribution is -0.121. The Morgan fingerprint density at radius 3 is 2.64 bits per heavy atom. The molecule has 1 amide bonds. The molecule has 0 radical (unpaired) electrons. The maximum atomic E-state index is 12.3. The van der Waals surface area contributed by atoms with E-state index in [2.05, 4.69) is 10.4 Å². The van der Waals surface area contributed by atoms with Crippen molar-refractivity contribution in [1.82, 2.24) is 15.1 Å². The second kappa shape index (κ2) is 8.37. The summed E-state index contributed by atoms with van der Waals surface area (Å²) in [5, 5.41) is 12.4. The van der Waals surface area contributed by atoms with Crippen LogP contribution in [0.5, 0.6) is 0 Å². The number of hydrogen-bond acceptors (Lipinski definition) is 4. The molecule has 2 aromatic carbocycles. The summed E-state index contributed by atoms with van der Waals surface area (Å²) >= 11 is 0. The predicted molar refractivity (Wildman–Crippen MR) is 106 cm³/mol. The van der Waals surface area contributed by atoms with Crippen molar-refractivity contribution in [1.29, 1.82) is 0 Å². The van der Waals surface area contributed by atoms with Crippen molar-refractivity contribution in [3.05, 3.63) is 78.1 Å². The summed E-state index contributed by atoms with van der Waals surface area (Å²) in [4.78, 5) is 12.3. The van der Waals surface area contributed by atoms with Crippen molar-refractivity contribution < 1.29 is 13.2 Å². The molecule has 0 aliphatic carbocycles. The average molecular weight is 398 g/mol. The fraction of sp³-hybridized carbons (Fsp3) is 0.200. The van der Waals surface area contributed by atoms with Crippen LogP contribution in [0.15, 0.2) is 71.9 Å². The Bertz CT molecular complexity index is 1060. The van der Waals surface area contributed by atoms with Gasteiger partial charge in [-0.1, -0.05) is 30.3 Å². The first-order chi connectivity index (χ1) is 13.3. The molecule has 0 bridgehead atoms. The number of primary sulfonamides is 1. The minimum absolute atomic E-state index is 0.0272. The minimum atomic E-state index is -3.78. The molecular weight excluding hydrogens is 376 g/mol. The van der Waals surface area contributed by atoms with Gasteiger partial charge in [0.1, 0.15) is 0 Å². The third-order valence-electron chi connectivity index (χ3n) is 4.36. The highest BCUT2D eigenvalue weighted by atomic mass is 32.2. The summed E-state index contributed by atoms with van der Waals surface area (Å²) in [7, 11) is -3.78. The summed E-state index contributed by atoms with van der Waals surface area (Å²) in [6.07, 6.45) is 4.52. The second-order valence-electron chi connectivity index (χ2n) is 6.54. The van der Waals surface area contributed by atoms with Gasteiger partial charge in [-0.05, 0) is 48.7 Å². The first-order valence-corrected chi connectivity index (χ1v) is 10.4. The molecule has 0 aliphatic heterocycles. The molecule has 0 aliphatic rings. The van der Waals surface area contributed by atoms with Gasteiger partial charge in [-0.25, -0.2) is 18.2 Å². The fourth-order valence-electron chi connectivity index (χ4n) is 2.83. The highest BCUT2D eigenvalue weighted by molar-refractivity contribution is 7.89. The minimum Gasteiger partial charge on any atom is -0.350 e. The molecule has 0 saturated heterocycles. The second-order valence-corrected chi connectivity index (χ2v) is 8.10. The van der Waals surface area contributed by atoms with Gasteiger partial charge in [-0.2, -0.15) is 5.10 Å². The number of para-hydroxylation sites is 1. The maximum Gasteiger partial charge on any atom is 0.238 e. The first kappa shape index (κ1) is 19.8. The highest BCUT2D eigenvalue weighted by Crippen LogP contribution is 2.17. The largest absolute Gasteiger partial charge is 0.350 e.